The van der Waals surface area contributed by atoms with Crippen LogP contribution in [-0.4, -0.2) is 95.3 Å². The van der Waals surface area contributed by atoms with Crippen LogP contribution in [0.15, 0.2) is 60.9 Å². The number of hydrogen-bond acceptors (Lipinski definition) is 10. The SMILES string of the molecule is CCN(Cc1cccc(CN(CC)C2CCN(c3ncccc3C(=O)OC(C)C)C2)c1)C1CCN(c2ncccc2C(=O)OC(C)C)C1. The van der Waals surface area contributed by atoms with E-state index in [1.807, 2.05) is 39.8 Å². The molecule has 4 heterocycles. The van der Waals surface area contributed by atoms with Crippen molar-refractivity contribution in [1.82, 2.24) is 19.8 Å². The highest BCUT2D eigenvalue weighted by Crippen LogP contribution is 2.28. The molecule has 0 bridgehead atoms. The van der Waals surface area contributed by atoms with Crippen LogP contribution in [0, 0.1) is 0 Å². The maximum absolute atomic E-state index is 12.8. The molecular formula is C38H52N6O4. The number of aromatic nitrogens is 2. The van der Waals surface area contributed by atoms with E-state index in [0.29, 0.717) is 34.8 Å². The molecule has 0 spiro atoms. The summed E-state index contributed by atoms with van der Waals surface area (Å²) in [5.41, 5.74) is 3.67. The van der Waals surface area contributed by atoms with E-state index in [0.717, 1.165) is 65.2 Å². The number of esters is 2. The van der Waals surface area contributed by atoms with Crippen molar-refractivity contribution in [3.63, 3.8) is 0 Å². The van der Waals surface area contributed by atoms with Crippen molar-refractivity contribution in [1.29, 1.82) is 0 Å². The van der Waals surface area contributed by atoms with E-state index in [1.54, 1.807) is 24.5 Å². The number of anilines is 2. The van der Waals surface area contributed by atoms with Crippen LogP contribution in [-0.2, 0) is 22.6 Å². The van der Waals surface area contributed by atoms with Crippen LogP contribution in [0.2, 0.25) is 0 Å². The first-order chi connectivity index (χ1) is 23.2. The molecule has 2 atom stereocenters. The summed E-state index contributed by atoms with van der Waals surface area (Å²) in [7, 11) is 0. The van der Waals surface area contributed by atoms with Crippen molar-refractivity contribution in [2.75, 3.05) is 49.1 Å². The number of benzene rings is 1. The number of nitrogens with zero attached hydrogens (tertiary/aromatic N) is 6. The molecule has 5 rings (SSSR count). The van der Waals surface area contributed by atoms with E-state index in [4.69, 9.17) is 9.47 Å². The molecule has 2 aromatic heterocycles. The van der Waals surface area contributed by atoms with Crippen molar-refractivity contribution in [2.45, 2.75) is 91.8 Å². The summed E-state index contributed by atoms with van der Waals surface area (Å²) in [4.78, 5) is 44.3. The first-order valence-electron chi connectivity index (χ1n) is 17.5. The normalized spacial score (nSPS) is 18.0. The Hall–Kier alpha value is -4.02. The smallest absolute Gasteiger partial charge is 0.342 e. The van der Waals surface area contributed by atoms with Crippen molar-refractivity contribution in [3.8, 4) is 0 Å². The molecule has 0 N–H and O–H groups in total. The van der Waals surface area contributed by atoms with E-state index in [1.165, 1.54) is 11.1 Å². The fourth-order valence-electron chi connectivity index (χ4n) is 6.93. The highest BCUT2D eigenvalue weighted by molar-refractivity contribution is 5.95. The molecule has 2 saturated heterocycles. The number of rotatable bonds is 14. The van der Waals surface area contributed by atoms with E-state index >= 15 is 0 Å². The molecule has 10 heteroatoms. The Morgan fingerprint density at radius 2 is 1.17 bits per heavy atom. The maximum atomic E-state index is 12.8. The lowest BCUT2D eigenvalue weighted by molar-refractivity contribution is 0.0367. The Balaban J connectivity index is 1.21. The van der Waals surface area contributed by atoms with Gasteiger partial charge in [0.15, 0.2) is 0 Å². The molecule has 0 amide bonds. The third-order valence-corrected chi connectivity index (χ3v) is 9.23. The van der Waals surface area contributed by atoms with Crippen LogP contribution in [0.4, 0.5) is 11.6 Å². The number of ether oxygens (including phenoxy) is 2. The molecule has 2 aliphatic rings. The fraction of sp³-hybridized carbons (Fsp3) is 0.526. The van der Waals surface area contributed by atoms with E-state index in [-0.39, 0.29) is 24.1 Å². The van der Waals surface area contributed by atoms with Gasteiger partial charge < -0.3 is 19.3 Å². The average Bonchev–Trinajstić information content (AvgIpc) is 3.77. The molecule has 10 nitrogen and oxygen atoms in total. The van der Waals surface area contributed by atoms with Gasteiger partial charge in [0.2, 0.25) is 0 Å². The Kier molecular flexibility index (Phi) is 12.1. The maximum Gasteiger partial charge on any atom is 0.342 e. The minimum Gasteiger partial charge on any atom is -0.459 e. The minimum atomic E-state index is -0.319. The van der Waals surface area contributed by atoms with Gasteiger partial charge in [0.1, 0.15) is 22.8 Å². The molecular weight excluding hydrogens is 604 g/mol. The third kappa shape index (κ3) is 8.71. The van der Waals surface area contributed by atoms with E-state index in [9.17, 15) is 9.59 Å². The van der Waals surface area contributed by atoms with Crippen LogP contribution < -0.4 is 9.80 Å². The molecule has 0 radical (unpaired) electrons. The zero-order valence-electron chi connectivity index (χ0n) is 29.5. The predicted molar refractivity (Wildman–Crippen MR) is 189 cm³/mol. The quantitative estimate of drug-likeness (QED) is 0.198. The van der Waals surface area contributed by atoms with Crippen molar-refractivity contribution < 1.29 is 19.1 Å². The lowest BCUT2D eigenvalue weighted by Crippen LogP contribution is -2.38. The summed E-state index contributed by atoms with van der Waals surface area (Å²) < 4.78 is 11.0. The summed E-state index contributed by atoms with van der Waals surface area (Å²) in [6.07, 6.45) is 5.17. The van der Waals surface area contributed by atoms with Gasteiger partial charge in [-0.05, 0) is 89.0 Å². The Morgan fingerprint density at radius 3 is 1.56 bits per heavy atom. The van der Waals surface area contributed by atoms with Gasteiger partial charge >= 0.3 is 11.9 Å². The van der Waals surface area contributed by atoms with Crippen LogP contribution in [0.1, 0.15) is 86.2 Å². The Morgan fingerprint density at radius 1 is 0.729 bits per heavy atom. The summed E-state index contributed by atoms with van der Waals surface area (Å²) in [5.74, 6) is 0.784. The molecule has 2 unspecified atom stereocenters. The lowest BCUT2D eigenvalue weighted by Gasteiger charge is -2.30. The van der Waals surface area contributed by atoms with Gasteiger partial charge in [0.25, 0.3) is 0 Å². The van der Waals surface area contributed by atoms with Crippen LogP contribution in [0.25, 0.3) is 0 Å². The van der Waals surface area contributed by atoms with Gasteiger partial charge in [0.05, 0.1) is 12.2 Å². The van der Waals surface area contributed by atoms with Crippen LogP contribution >= 0.6 is 0 Å². The first kappa shape index (κ1) is 35.3. The summed E-state index contributed by atoms with van der Waals surface area (Å²) >= 11 is 0. The zero-order chi connectivity index (χ0) is 34.2. The van der Waals surface area contributed by atoms with E-state index in [2.05, 4.69) is 67.7 Å². The number of carbonyl (C=O) groups is 2. The van der Waals surface area contributed by atoms with Crippen LogP contribution in [0.5, 0.6) is 0 Å². The molecule has 48 heavy (non-hydrogen) atoms. The van der Waals surface area contributed by atoms with Crippen molar-refractivity contribution in [2.24, 2.45) is 0 Å². The van der Waals surface area contributed by atoms with Gasteiger partial charge in [-0.25, -0.2) is 19.6 Å². The predicted octanol–water partition coefficient (Wildman–Crippen LogP) is 5.81. The topological polar surface area (TPSA) is 91.3 Å². The second-order valence-corrected chi connectivity index (χ2v) is 13.4. The summed E-state index contributed by atoms with van der Waals surface area (Å²) in [6, 6.07) is 16.9. The summed E-state index contributed by atoms with van der Waals surface area (Å²) in [6.45, 7) is 18.9. The largest absolute Gasteiger partial charge is 0.459 e. The highest BCUT2D eigenvalue weighted by atomic mass is 16.5. The first-order valence-corrected chi connectivity index (χ1v) is 17.5. The zero-order valence-corrected chi connectivity index (χ0v) is 29.5. The molecule has 1 aromatic carbocycles. The number of likely N-dealkylation sites (N-methyl/N-ethyl adjacent to an activating group) is 2. The number of hydrogen-bond donors (Lipinski definition) is 0. The van der Waals surface area contributed by atoms with Crippen molar-refractivity contribution >= 4 is 23.6 Å². The molecule has 0 aliphatic carbocycles. The molecule has 2 fully saturated rings. The number of pyridine rings is 2. The fourth-order valence-corrected chi connectivity index (χ4v) is 6.93. The third-order valence-electron chi connectivity index (χ3n) is 9.23. The Bertz CT molecular complexity index is 1420. The molecule has 0 saturated carbocycles. The standard InChI is InChI=1S/C38H52N6O4/c1-7-41(31-16-20-43(25-31)35-33(14-10-18-39-35)37(45)47-27(3)4)23-29-12-9-13-30(22-29)24-42(8-2)32-17-21-44(26-32)36-34(15-11-19-40-36)38(46)48-28(5)6/h9-15,18-19,22,27-28,31-32H,7-8,16-17,20-21,23-26H2,1-6H3. The number of carbonyl (C=O) groups excluding carboxylic acids is 2. The van der Waals surface area contributed by atoms with E-state index < -0.39 is 0 Å². The summed E-state index contributed by atoms with van der Waals surface area (Å²) in [5, 5.41) is 0. The van der Waals surface area contributed by atoms with Gasteiger partial charge in [-0.15, -0.1) is 0 Å². The minimum absolute atomic E-state index is 0.179. The average molecular weight is 657 g/mol. The lowest BCUT2D eigenvalue weighted by atomic mass is 10.1. The Labute approximate surface area is 286 Å². The van der Waals surface area contributed by atoms with Gasteiger partial charge in [0, 0.05) is 63.7 Å². The van der Waals surface area contributed by atoms with Gasteiger partial charge in [-0.2, -0.15) is 0 Å². The molecule has 258 valence electrons. The van der Waals surface area contributed by atoms with Gasteiger partial charge in [-0.1, -0.05) is 38.1 Å². The van der Waals surface area contributed by atoms with Crippen LogP contribution in [0.3, 0.4) is 0 Å². The molecule has 3 aromatic rings. The monoisotopic (exact) mass is 656 g/mol. The second-order valence-electron chi connectivity index (χ2n) is 13.4. The molecule has 2 aliphatic heterocycles. The van der Waals surface area contributed by atoms with Crippen molar-refractivity contribution in [3.05, 3.63) is 83.2 Å². The highest BCUT2D eigenvalue weighted by Gasteiger charge is 2.32. The van der Waals surface area contributed by atoms with Gasteiger partial charge in [-0.3, -0.25) is 9.80 Å². The second kappa shape index (κ2) is 16.4.